The summed E-state index contributed by atoms with van der Waals surface area (Å²) < 4.78 is 111. The number of aryl methyl sites for hydroxylation is 5. The van der Waals surface area contributed by atoms with Crippen molar-refractivity contribution in [2.45, 2.75) is 99.1 Å². The van der Waals surface area contributed by atoms with Crippen molar-refractivity contribution < 1.29 is 65.0 Å². The van der Waals surface area contributed by atoms with E-state index in [0.717, 1.165) is 115 Å². The number of rotatable bonds is 33. The SMILES string of the molecule is CNC(=O)CCCCCOc1cc2ncnc(Nc3ccc(C)cc3F)c2cc1OC.COc1cc2c(Nc3ccc(C)cc3F)ncnc2cc1OCCCCN1CCCC1.COc1cc2c(Nc3ccc(C)cc3F)ncnc2cc1OCCn1c(C)nc2ccccc21.COc1cc2c(Nc3ccc(C)cc3F)ncnc2cc1OCc1ccc(N2CCOCC2)cc1. The van der Waals surface area contributed by atoms with Gasteiger partial charge >= 0.3 is 0 Å². The molecule has 7 heterocycles. The van der Waals surface area contributed by atoms with E-state index in [1.807, 2.05) is 107 Å². The molecule has 0 unspecified atom stereocenters. The van der Waals surface area contributed by atoms with Crippen molar-refractivity contribution in [1.82, 2.24) is 59.6 Å². The smallest absolute Gasteiger partial charge is 0.219 e. The first-order chi connectivity index (χ1) is 63.8. The minimum atomic E-state index is -0.352. The van der Waals surface area contributed by atoms with E-state index >= 15 is 0 Å². The minimum Gasteiger partial charge on any atom is -0.493 e. The van der Waals surface area contributed by atoms with Crippen LogP contribution in [-0.2, 0) is 22.7 Å². The Morgan fingerprint density at radius 3 is 1.18 bits per heavy atom. The highest BCUT2D eigenvalue weighted by atomic mass is 19.1. The number of hydrogen-bond acceptors (Lipinski definition) is 25. The third kappa shape index (κ3) is 24.3. The predicted octanol–water partition coefficient (Wildman–Crippen LogP) is 20.4. The Hall–Kier alpha value is -14.5. The van der Waals surface area contributed by atoms with E-state index < -0.39 is 0 Å². The zero-order valence-corrected chi connectivity index (χ0v) is 75.1. The molecule has 680 valence electrons. The number of carbonyl (C=O) groups is 1. The van der Waals surface area contributed by atoms with E-state index in [1.165, 1.54) is 81.2 Å². The molecule has 2 saturated heterocycles. The number of imidazole rings is 1. The number of nitrogens with zero attached hydrogens (tertiary/aromatic N) is 12. The number of ether oxygens (including phenoxy) is 9. The molecule has 0 spiro atoms. The Labute approximate surface area is 757 Å². The Morgan fingerprint density at radius 2 is 0.786 bits per heavy atom. The number of hydrogen-bond donors (Lipinski definition) is 5. The van der Waals surface area contributed by atoms with Gasteiger partial charge in [-0.1, -0.05) is 48.5 Å². The first-order valence-electron chi connectivity index (χ1n) is 43.5. The Kier molecular flexibility index (Phi) is 31.8. The average molecular weight is 1780 g/mol. The number of benzene rings is 10. The van der Waals surface area contributed by atoms with E-state index in [0.29, 0.717) is 170 Å². The Bertz CT molecular complexity index is 6450. The molecular formula is C100H107F4N17O10. The van der Waals surface area contributed by atoms with Gasteiger partial charge in [-0.05, 0) is 224 Å². The van der Waals surface area contributed by atoms with Crippen LogP contribution in [0, 0.1) is 57.9 Å². The number of amides is 1. The fourth-order valence-corrected chi connectivity index (χ4v) is 15.1. The number of para-hydroxylation sites is 2. The van der Waals surface area contributed by atoms with E-state index in [4.69, 9.17) is 42.6 Å². The van der Waals surface area contributed by atoms with Crippen LogP contribution in [-0.4, -0.2) is 161 Å². The lowest BCUT2D eigenvalue weighted by Crippen LogP contribution is -2.36. The molecule has 15 aromatic rings. The molecule has 17 rings (SSSR count). The van der Waals surface area contributed by atoms with Crippen LogP contribution in [0.2, 0.25) is 0 Å². The largest absolute Gasteiger partial charge is 0.493 e. The molecule has 0 radical (unpaired) electrons. The quantitative estimate of drug-likeness (QED) is 0.0189. The lowest BCUT2D eigenvalue weighted by Gasteiger charge is -2.28. The molecule has 27 nitrogen and oxygen atoms in total. The van der Waals surface area contributed by atoms with Gasteiger partial charge in [-0.2, -0.15) is 0 Å². The topological polar surface area (TPSA) is 288 Å². The third-order valence-corrected chi connectivity index (χ3v) is 22.2. The number of anilines is 9. The van der Waals surface area contributed by atoms with Crippen LogP contribution >= 0.6 is 0 Å². The first kappa shape index (κ1) is 92.7. The highest BCUT2D eigenvalue weighted by Crippen LogP contribution is 2.41. The lowest BCUT2D eigenvalue weighted by molar-refractivity contribution is -0.120. The molecule has 5 aromatic heterocycles. The number of nitrogens with one attached hydrogen (secondary N) is 5. The number of unbranched alkanes of at least 4 members (excludes halogenated alkanes) is 3. The third-order valence-electron chi connectivity index (χ3n) is 22.2. The number of likely N-dealkylation sites (tertiary alicyclic amines) is 1. The fraction of sp³-hybridized carbons (Fsp3) is 0.300. The van der Waals surface area contributed by atoms with Crippen LogP contribution in [0.25, 0.3) is 54.6 Å². The van der Waals surface area contributed by atoms with E-state index in [-0.39, 0.29) is 29.2 Å². The number of methoxy groups -OCH3 is 4. The van der Waals surface area contributed by atoms with E-state index in [1.54, 1.807) is 84.0 Å². The summed E-state index contributed by atoms with van der Waals surface area (Å²) in [6.45, 7) is 18.8. The van der Waals surface area contributed by atoms with Gasteiger partial charge in [0.15, 0.2) is 46.0 Å². The van der Waals surface area contributed by atoms with Crippen LogP contribution < -0.4 is 69.4 Å². The number of aromatic nitrogens is 10. The van der Waals surface area contributed by atoms with E-state index in [2.05, 4.69) is 110 Å². The van der Waals surface area contributed by atoms with Crippen molar-refractivity contribution in [3.63, 3.8) is 0 Å². The number of morpholine rings is 1. The summed E-state index contributed by atoms with van der Waals surface area (Å²) in [5.74, 6) is 6.19. The van der Waals surface area contributed by atoms with Crippen LogP contribution in [0.4, 0.5) is 69.3 Å². The summed E-state index contributed by atoms with van der Waals surface area (Å²) in [4.78, 5) is 55.3. The molecule has 0 atom stereocenters. The van der Waals surface area contributed by atoms with Gasteiger partial charge in [-0.15, -0.1) is 0 Å². The van der Waals surface area contributed by atoms with Crippen molar-refractivity contribution in [2.75, 3.05) is 127 Å². The molecule has 131 heavy (non-hydrogen) atoms. The van der Waals surface area contributed by atoms with Gasteiger partial charge in [-0.3, -0.25) is 4.79 Å². The standard InChI is InChI=1S/C27H27FN4O3.C26H24FN5O2.C24H29FN4O2.C23H27FN4O3/c1-18-3-8-23(22(28)13-18)31-27-21-14-25(33-2)26(15-24(21)29-17-30-27)35-16-19-4-6-20(7-5-19)32-9-11-34-12-10-32;1-16-8-9-20(19(27)12-16)31-26-18-13-24(33-3)25(14-22(18)28-15-29-26)34-11-10-32-17(2)30-21-6-4-5-7-23(21)32;1-17-7-8-20(19(25)13-17)28-24-18-14-22(30-2)23(15-21(18)26-16-27-24)31-12-6-5-11-29-9-3-4-10-29;1-15-8-9-18(17(24)11-15)28-23-16-12-20(30-3)21(13-19(16)26-14-27-23)31-10-6-4-5-7-22(29)25-2/h3-8,13-15,17H,9-12,16H2,1-2H3,(H,29,30,31);4-9,12-15H,10-11H2,1-3H3,(H,28,29,31);7-8,13-16H,3-6,9-12H2,1-2H3,(H,26,27,28);8-9,11-14H,4-7,10H2,1-3H3,(H,25,29)(H,26,27,28). The van der Waals surface area contributed by atoms with Crippen molar-refractivity contribution in [3.8, 4) is 46.0 Å². The molecular weight excluding hydrogens is 1680 g/mol. The summed E-state index contributed by atoms with van der Waals surface area (Å²) in [6, 6.07) is 50.9. The maximum absolute atomic E-state index is 14.4. The van der Waals surface area contributed by atoms with Gasteiger partial charge in [0.05, 0.1) is 117 Å². The van der Waals surface area contributed by atoms with Gasteiger partial charge in [0.1, 0.15) is 90.9 Å². The molecule has 0 saturated carbocycles. The normalized spacial score (nSPS) is 12.4. The average Bonchev–Trinajstić information content (AvgIpc) is 1.69. The second kappa shape index (κ2) is 45.0. The second-order valence-electron chi connectivity index (χ2n) is 31.5. The number of carbonyl (C=O) groups excluding carboxylic acids is 1. The summed E-state index contributed by atoms with van der Waals surface area (Å²) in [5, 5.41) is 17.7. The van der Waals surface area contributed by atoms with Crippen LogP contribution in [0.5, 0.6) is 46.0 Å². The van der Waals surface area contributed by atoms with Gasteiger partial charge in [0.2, 0.25) is 5.91 Å². The summed E-state index contributed by atoms with van der Waals surface area (Å²) >= 11 is 0. The molecule has 2 aliphatic rings. The second-order valence-corrected chi connectivity index (χ2v) is 31.5. The highest BCUT2D eigenvalue weighted by Gasteiger charge is 2.22. The minimum absolute atomic E-state index is 0.0479. The van der Waals surface area contributed by atoms with Gasteiger partial charge in [0.25, 0.3) is 0 Å². The molecule has 2 aliphatic heterocycles. The van der Waals surface area contributed by atoms with Crippen LogP contribution in [0.15, 0.2) is 195 Å². The predicted molar refractivity (Wildman–Crippen MR) is 504 cm³/mol. The zero-order valence-electron chi connectivity index (χ0n) is 75.1. The molecule has 31 heteroatoms. The fourth-order valence-electron chi connectivity index (χ4n) is 15.1. The van der Waals surface area contributed by atoms with Crippen LogP contribution in [0.1, 0.15) is 85.0 Å². The molecule has 0 aliphatic carbocycles. The van der Waals surface area contributed by atoms with Gasteiger partial charge in [-0.25, -0.2) is 62.4 Å². The van der Waals surface area contributed by atoms with E-state index in [9.17, 15) is 22.4 Å². The highest BCUT2D eigenvalue weighted by molar-refractivity contribution is 5.96. The summed E-state index contributed by atoms with van der Waals surface area (Å²) in [5.41, 5.74) is 11.7. The van der Waals surface area contributed by atoms with Crippen molar-refractivity contribution in [2.24, 2.45) is 0 Å². The van der Waals surface area contributed by atoms with Crippen molar-refractivity contribution >= 4 is 112 Å². The lowest BCUT2D eigenvalue weighted by atomic mass is 10.1. The molecule has 1 amide bonds. The summed E-state index contributed by atoms with van der Waals surface area (Å²) in [6.07, 6.45) is 13.6. The van der Waals surface area contributed by atoms with Gasteiger partial charge < -0.3 is 83.6 Å². The van der Waals surface area contributed by atoms with Crippen LogP contribution in [0.3, 0.4) is 0 Å². The number of halogens is 4. The summed E-state index contributed by atoms with van der Waals surface area (Å²) in [7, 11) is 7.98. The maximum Gasteiger partial charge on any atom is 0.219 e. The Morgan fingerprint density at radius 1 is 0.397 bits per heavy atom. The number of fused-ring (bicyclic) bond motifs is 5. The molecule has 5 N–H and O–H groups in total. The molecule has 2 fully saturated rings. The first-order valence-corrected chi connectivity index (χ1v) is 43.5. The van der Waals surface area contributed by atoms with Crippen molar-refractivity contribution in [1.29, 1.82) is 0 Å². The van der Waals surface area contributed by atoms with Gasteiger partial charge in [0, 0.05) is 78.1 Å². The Balaban J connectivity index is 0.000000141. The zero-order chi connectivity index (χ0) is 91.7. The molecule has 0 bridgehead atoms. The monoisotopic (exact) mass is 1780 g/mol. The van der Waals surface area contributed by atoms with Crippen molar-refractivity contribution in [3.05, 3.63) is 252 Å². The maximum atomic E-state index is 14.4. The molecule has 10 aromatic carbocycles.